The van der Waals surface area contributed by atoms with Crippen molar-refractivity contribution >= 4 is 9.84 Å². The summed E-state index contributed by atoms with van der Waals surface area (Å²) in [5.41, 5.74) is 0.544. The Balaban J connectivity index is 2.07. The third-order valence-electron chi connectivity index (χ3n) is 3.54. The van der Waals surface area contributed by atoms with Gasteiger partial charge in [-0.1, -0.05) is 49.4 Å². The van der Waals surface area contributed by atoms with Crippen LogP contribution in [0.15, 0.2) is 54.6 Å². The van der Waals surface area contributed by atoms with Gasteiger partial charge in [0.2, 0.25) is 0 Å². The van der Waals surface area contributed by atoms with Gasteiger partial charge in [0.15, 0.2) is 9.84 Å². The van der Waals surface area contributed by atoms with E-state index in [2.05, 4.69) is 0 Å². The van der Waals surface area contributed by atoms with Gasteiger partial charge >= 0.3 is 6.18 Å². The van der Waals surface area contributed by atoms with Crippen LogP contribution in [0.2, 0.25) is 0 Å². The van der Waals surface area contributed by atoms with Gasteiger partial charge in [0.1, 0.15) is 0 Å². The molecule has 0 saturated carbocycles. The van der Waals surface area contributed by atoms with Crippen LogP contribution in [0.25, 0.3) is 0 Å². The number of rotatable bonds is 5. The molecular formula is C17H17F3O2S. The van der Waals surface area contributed by atoms with Crippen molar-refractivity contribution in [1.29, 1.82) is 0 Å². The van der Waals surface area contributed by atoms with Crippen molar-refractivity contribution in [2.75, 3.05) is 5.75 Å². The zero-order valence-electron chi connectivity index (χ0n) is 12.5. The molecule has 0 aliphatic rings. The maximum atomic E-state index is 12.5. The second kappa shape index (κ2) is 6.74. The lowest BCUT2D eigenvalue weighted by atomic mass is 10.0. The second-order valence-corrected chi connectivity index (χ2v) is 7.67. The Morgan fingerprint density at radius 2 is 1.52 bits per heavy atom. The molecule has 0 aromatic heterocycles. The van der Waals surface area contributed by atoms with Crippen LogP contribution >= 0.6 is 0 Å². The van der Waals surface area contributed by atoms with Gasteiger partial charge in [0.05, 0.1) is 17.1 Å². The van der Waals surface area contributed by atoms with Gasteiger partial charge in [0.25, 0.3) is 0 Å². The van der Waals surface area contributed by atoms with Crippen molar-refractivity contribution < 1.29 is 21.6 Å². The zero-order chi connectivity index (χ0) is 17.1. The van der Waals surface area contributed by atoms with E-state index in [0.717, 1.165) is 12.1 Å². The molecule has 2 aromatic rings. The second-order valence-electron chi connectivity index (χ2n) is 5.56. The van der Waals surface area contributed by atoms with Gasteiger partial charge in [-0.15, -0.1) is 0 Å². The Hall–Kier alpha value is -1.82. The number of hydrogen-bond acceptors (Lipinski definition) is 2. The average Bonchev–Trinajstić information content (AvgIpc) is 2.46. The van der Waals surface area contributed by atoms with Crippen molar-refractivity contribution in [2.24, 2.45) is 0 Å². The Labute approximate surface area is 133 Å². The molecule has 0 aliphatic heterocycles. The summed E-state index contributed by atoms with van der Waals surface area (Å²) in [5, 5.41) is 0. The van der Waals surface area contributed by atoms with Gasteiger partial charge in [-0.2, -0.15) is 13.2 Å². The molecule has 2 aromatic carbocycles. The first-order valence-corrected chi connectivity index (χ1v) is 8.91. The lowest BCUT2D eigenvalue weighted by Gasteiger charge is -2.14. The van der Waals surface area contributed by atoms with E-state index in [4.69, 9.17) is 0 Å². The van der Waals surface area contributed by atoms with Crippen LogP contribution in [0.3, 0.4) is 0 Å². The Morgan fingerprint density at radius 3 is 2.04 bits per heavy atom. The summed E-state index contributed by atoms with van der Waals surface area (Å²) in [5.74, 6) is -0.544. The average molecular weight is 342 g/mol. The molecule has 0 fully saturated rings. The lowest BCUT2D eigenvalue weighted by molar-refractivity contribution is -0.137. The van der Waals surface area contributed by atoms with Gasteiger partial charge in [0, 0.05) is 0 Å². The lowest BCUT2D eigenvalue weighted by Crippen LogP contribution is -2.15. The minimum atomic E-state index is -4.39. The number of sulfone groups is 1. The fourth-order valence-electron chi connectivity index (χ4n) is 2.36. The molecule has 0 spiro atoms. The van der Waals surface area contributed by atoms with Gasteiger partial charge in [-0.05, 0) is 29.2 Å². The molecule has 0 saturated heterocycles. The minimum Gasteiger partial charge on any atom is -0.228 e. The third-order valence-corrected chi connectivity index (χ3v) is 5.32. The SMILES string of the molecule is CC(CS(=O)(=O)Cc1ccccc1)c1ccc(C(F)(F)F)cc1. The molecule has 6 heteroatoms. The van der Waals surface area contributed by atoms with Crippen LogP contribution in [-0.2, 0) is 21.8 Å². The van der Waals surface area contributed by atoms with E-state index >= 15 is 0 Å². The molecule has 0 heterocycles. The molecule has 2 nitrogen and oxygen atoms in total. The summed E-state index contributed by atoms with van der Waals surface area (Å²) >= 11 is 0. The van der Waals surface area contributed by atoms with E-state index in [1.807, 2.05) is 0 Å². The standard InChI is InChI=1S/C17H17F3O2S/c1-13(15-7-9-16(10-8-15)17(18,19)20)11-23(21,22)12-14-5-3-2-4-6-14/h2-10,13H,11-12H2,1H3. The van der Waals surface area contributed by atoms with E-state index in [9.17, 15) is 21.6 Å². The van der Waals surface area contributed by atoms with Crippen LogP contribution in [0.1, 0.15) is 29.5 Å². The van der Waals surface area contributed by atoms with Crippen molar-refractivity contribution in [3.05, 3.63) is 71.3 Å². The number of hydrogen-bond donors (Lipinski definition) is 0. The highest BCUT2D eigenvalue weighted by atomic mass is 32.2. The highest BCUT2D eigenvalue weighted by Gasteiger charge is 2.30. The van der Waals surface area contributed by atoms with Crippen molar-refractivity contribution in [2.45, 2.75) is 24.8 Å². The number of halogens is 3. The molecule has 0 amide bonds. The van der Waals surface area contributed by atoms with E-state index in [-0.39, 0.29) is 17.4 Å². The van der Waals surface area contributed by atoms with Crippen molar-refractivity contribution in [1.82, 2.24) is 0 Å². The van der Waals surface area contributed by atoms with Gasteiger partial charge in [-0.25, -0.2) is 8.42 Å². The maximum Gasteiger partial charge on any atom is 0.416 e. The molecule has 0 bridgehead atoms. The van der Waals surface area contributed by atoms with E-state index in [0.29, 0.717) is 11.1 Å². The first-order valence-electron chi connectivity index (χ1n) is 7.09. The van der Waals surface area contributed by atoms with Crippen LogP contribution in [0.5, 0.6) is 0 Å². The molecule has 0 radical (unpaired) electrons. The van der Waals surface area contributed by atoms with Gasteiger partial charge < -0.3 is 0 Å². The minimum absolute atomic E-state index is 0.0706. The van der Waals surface area contributed by atoms with Crippen molar-refractivity contribution in [3.63, 3.8) is 0 Å². The topological polar surface area (TPSA) is 34.1 Å². The number of benzene rings is 2. The monoisotopic (exact) mass is 342 g/mol. The fraction of sp³-hybridized carbons (Fsp3) is 0.294. The Kier molecular flexibility index (Phi) is 5.14. The smallest absolute Gasteiger partial charge is 0.228 e. The molecule has 124 valence electrons. The molecule has 23 heavy (non-hydrogen) atoms. The zero-order valence-corrected chi connectivity index (χ0v) is 13.4. The van der Waals surface area contributed by atoms with E-state index < -0.39 is 21.6 Å². The Morgan fingerprint density at radius 1 is 0.957 bits per heavy atom. The summed E-state index contributed by atoms with van der Waals surface area (Å²) in [6.45, 7) is 1.70. The molecular weight excluding hydrogens is 325 g/mol. The summed E-state index contributed by atoms with van der Waals surface area (Å²) in [4.78, 5) is 0. The highest BCUT2D eigenvalue weighted by Crippen LogP contribution is 2.30. The maximum absolute atomic E-state index is 12.5. The van der Waals surface area contributed by atoms with Crippen LogP contribution in [0, 0.1) is 0 Å². The van der Waals surface area contributed by atoms with Crippen LogP contribution < -0.4 is 0 Å². The van der Waals surface area contributed by atoms with Crippen LogP contribution in [0.4, 0.5) is 13.2 Å². The normalized spacial score (nSPS) is 13.7. The molecule has 2 rings (SSSR count). The first-order chi connectivity index (χ1) is 10.7. The summed E-state index contributed by atoms with van der Waals surface area (Å²) < 4.78 is 62.1. The quantitative estimate of drug-likeness (QED) is 0.806. The molecule has 1 unspecified atom stereocenters. The first kappa shape index (κ1) is 17.5. The molecule has 1 atom stereocenters. The van der Waals surface area contributed by atoms with Gasteiger partial charge in [-0.3, -0.25) is 0 Å². The number of alkyl halides is 3. The summed E-state index contributed by atoms with van der Waals surface area (Å²) in [7, 11) is -3.34. The third kappa shape index (κ3) is 5.10. The summed E-state index contributed by atoms with van der Waals surface area (Å²) in [6.07, 6.45) is -4.39. The Bertz CT molecular complexity index is 736. The van der Waals surface area contributed by atoms with Crippen molar-refractivity contribution in [3.8, 4) is 0 Å². The van der Waals surface area contributed by atoms with Crippen LogP contribution in [-0.4, -0.2) is 14.2 Å². The van der Waals surface area contributed by atoms with E-state index in [1.165, 1.54) is 12.1 Å². The highest BCUT2D eigenvalue weighted by molar-refractivity contribution is 7.90. The predicted molar refractivity (Wildman–Crippen MR) is 83.8 cm³/mol. The largest absolute Gasteiger partial charge is 0.416 e. The fourth-order valence-corrected chi connectivity index (χ4v) is 4.14. The molecule has 0 aliphatic carbocycles. The predicted octanol–water partition coefficient (Wildman–Crippen LogP) is 4.42. The molecule has 0 N–H and O–H groups in total. The van der Waals surface area contributed by atoms with E-state index in [1.54, 1.807) is 37.3 Å². The summed E-state index contributed by atoms with van der Waals surface area (Å²) in [6, 6.07) is 13.5.